The van der Waals surface area contributed by atoms with Crippen LogP contribution >= 0.6 is 0 Å². The highest BCUT2D eigenvalue weighted by Gasteiger charge is 2.44. The smallest absolute Gasteiger partial charge is 0.306 e. The Balaban J connectivity index is 2.21. The van der Waals surface area contributed by atoms with Crippen molar-refractivity contribution in [2.45, 2.75) is 295 Å². The molecule has 1 rings (SSSR count). The van der Waals surface area contributed by atoms with Gasteiger partial charge < -0.3 is 39.4 Å². The molecule has 0 radical (unpaired) electrons. The standard InChI is InChI=1S/C55H102O10/c1-3-5-7-9-11-13-15-17-19-21-22-23-24-25-26-28-29-31-33-35-37-39-41-43-50(57)62-46-48(47-63-55-54(61)53(60)52(59)49(45-56)65-55)64-51(58)44-42-40-38-36-34-32-30-27-20-18-16-14-12-10-8-6-4-2/h12,14,18,20,48-49,52-56,59-61H,3-11,13,15-17,19,21-47H2,1-2H3/b14-12+,20-18+/t48-,49-,52+,53?,54?,55-/m0/s1. The maximum Gasteiger partial charge on any atom is 0.306 e. The van der Waals surface area contributed by atoms with Crippen molar-refractivity contribution in [3.63, 3.8) is 0 Å². The summed E-state index contributed by atoms with van der Waals surface area (Å²) in [4.78, 5) is 25.5. The van der Waals surface area contributed by atoms with Gasteiger partial charge in [-0.15, -0.1) is 0 Å². The molecule has 1 saturated heterocycles. The number of hydrogen-bond acceptors (Lipinski definition) is 10. The second-order valence-corrected chi connectivity index (χ2v) is 19.0. The van der Waals surface area contributed by atoms with Crippen molar-refractivity contribution < 1.29 is 49.0 Å². The van der Waals surface area contributed by atoms with Crippen LogP contribution in [0.1, 0.15) is 258 Å². The minimum atomic E-state index is -1.59. The van der Waals surface area contributed by atoms with Gasteiger partial charge in [-0.25, -0.2) is 0 Å². The molecular formula is C55H102O10. The van der Waals surface area contributed by atoms with E-state index in [0.29, 0.717) is 6.42 Å². The first-order valence-electron chi connectivity index (χ1n) is 27.4. The zero-order valence-electron chi connectivity index (χ0n) is 42.0. The second-order valence-electron chi connectivity index (χ2n) is 19.0. The van der Waals surface area contributed by atoms with Gasteiger partial charge in [-0.1, -0.05) is 224 Å². The van der Waals surface area contributed by atoms with Gasteiger partial charge in [-0.3, -0.25) is 9.59 Å². The van der Waals surface area contributed by atoms with E-state index in [1.165, 1.54) is 173 Å². The van der Waals surface area contributed by atoms with Crippen molar-refractivity contribution >= 4 is 11.9 Å². The highest BCUT2D eigenvalue weighted by Crippen LogP contribution is 2.23. The first-order chi connectivity index (χ1) is 31.8. The summed E-state index contributed by atoms with van der Waals surface area (Å²) in [6.45, 7) is 3.44. The van der Waals surface area contributed by atoms with Gasteiger partial charge in [0.1, 0.15) is 31.0 Å². The van der Waals surface area contributed by atoms with Crippen LogP contribution in [0.25, 0.3) is 0 Å². The van der Waals surface area contributed by atoms with Crippen LogP contribution in [-0.2, 0) is 28.5 Å². The molecule has 0 amide bonds. The fourth-order valence-electron chi connectivity index (χ4n) is 8.52. The van der Waals surface area contributed by atoms with Crippen molar-refractivity contribution in [2.75, 3.05) is 19.8 Å². The van der Waals surface area contributed by atoms with Crippen LogP contribution in [0.3, 0.4) is 0 Å². The average Bonchev–Trinajstić information content (AvgIpc) is 3.30. The van der Waals surface area contributed by atoms with Crippen LogP contribution < -0.4 is 0 Å². The molecule has 2 unspecified atom stereocenters. The molecule has 0 spiro atoms. The van der Waals surface area contributed by atoms with Gasteiger partial charge in [0.15, 0.2) is 12.4 Å². The number of hydrogen-bond donors (Lipinski definition) is 4. The van der Waals surface area contributed by atoms with Gasteiger partial charge in [0.25, 0.3) is 0 Å². The number of unbranched alkanes of at least 4 members (excludes halogenated alkanes) is 32. The van der Waals surface area contributed by atoms with Crippen LogP contribution in [0.15, 0.2) is 24.3 Å². The van der Waals surface area contributed by atoms with E-state index in [0.717, 1.165) is 51.4 Å². The summed E-state index contributed by atoms with van der Waals surface area (Å²) in [6.07, 6.45) is 46.2. The third kappa shape index (κ3) is 36.8. The molecule has 6 atom stereocenters. The lowest BCUT2D eigenvalue weighted by molar-refractivity contribution is -0.305. The Morgan fingerprint density at radius 3 is 1.31 bits per heavy atom. The Bertz CT molecular complexity index is 1110. The van der Waals surface area contributed by atoms with Crippen LogP contribution in [0.2, 0.25) is 0 Å². The molecular weight excluding hydrogens is 821 g/mol. The predicted octanol–water partition coefficient (Wildman–Crippen LogP) is 13.2. The Hall–Kier alpha value is -1.82. The number of aliphatic hydroxyl groups excluding tert-OH is 4. The van der Waals surface area contributed by atoms with E-state index in [1.54, 1.807) is 0 Å². The summed E-state index contributed by atoms with van der Waals surface area (Å²) in [7, 11) is 0. The molecule has 0 aromatic carbocycles. The van der Waals surface area contributed by atoms with Gasteiger partial charge in [-0.2, -0.15) is 0 Å². The summed E-state index contributed by atoms with van der Waals surface area (Å²) in [5, 5.41) is 40.2. The highest BCUT2D eigenvalue weighted by atomic mass is 16.7. The summed E-state index contributed by atoms with van der Waals surface area (Å²) in [5.41, 5.74) is 0. The third-order valence-electron chi connectivity index (χ3n) is 12.8. The SMILES string of the molecule is CCCCC/C=C/C/C=C/CCCCCCCCCC(=O)O[C@@H](COC(=O)CCCCCCCCCCCCCCCCCCCCCCCCC)CO[C@H]1O[C@@H](CO)[C@@H](O)C(O)C1O. The minimum absolute atomic E-state index is 0.216. The third-order valence-corrected chi connectivity index (χ3v) is 12.8. The van der Waals surface area contributed by atoms with Crippen molar-refractivity contribution in [1.82, 2.24) is 0 Å². The molecule has 1 fully saturated rings. The first kappa shape index (κ1) is 61.2. The molecule has 0 aromatic heterocycles. The summed E-state index contributed by atoms with van der Waals surface area (Å²) < 4.78 is 22.3. The monoisotopic (exact) mass is 923 g/mol. The number of carbonyl (C=O) groups excluding carboxylic acids is 2. The lowest BCUT2D eigenvalue weighted by Gasteiger charge is -2.39. The van der Waals surface area contributed by atoms with Crippen molar-refractivity contribution in [3.8, 4) is 0 Å². The molecule has 1 aliphatic heterocycles. The molecule has 382 valence electrons. The maximum atomic E-state index is 12.8. The Morgan fingerprint density at radius 1 is 0.477 bits per heavy atom. The second kappa shape index (κ2) is 45.9. The minimum Gasteiger partial charge on any atom is -0.462 e. The lowest BCUT2D eigenvalue weighted by atomic mass is 9.99. The van der Waals surface area contributed by atoms with Crippen LogP contribution in [-0.4, -0.2) is 89.0 Å². The molecule has 0 saturated carbocycles. The fourth-order valence-corrected chi connectivity index (χ4v) is 8.52. The Morgan fingerprint density at radius 2 is 0.862 bits per heavy atom. The molecule has 65 heavy (non-hydrogen) atoms. The summed E-state index contributed by atoms with van der Waals surface area (Å²) in [5.74, 6) is -0.801. The zero-order valence-corrected chi connectivity index (χ0v) is 42.0. The molecule has 10 heteroatoms. The molecule has 1 aliphatic rings. The summed E-state index contributed by atoms with van der Waals surface area (Å²) >= 11 is 0. The first-order valence-corrected chi connectivity index (χ1v) is 27.4. The van der Waals surface area contributed by atoms with Gasteiger partial charge in [0, 0.05) is 12.8 Å². The Kier molecular flexibility index (Phi) is 43.2. The number of esters is 2. The van der Waals surface area contributed by atoms with E-state index in [2.05, 4.69) is 38.2 Å². The van der Waals surface area contributed by atoms with Crippen LogP contribution in [0.5, 0.6) is 0 Å². The highest BCUT2D eigenvalue weighted by molar-refractivity contribution is 5.70. The number of aliphatic hydroxyl groups is 4. The van der Waals surface area contributed by atoms with E-state index >= 15 is 0 Å². The number of carbonyl (C=O) groups is 2. The molecule has 4 N–H and O–H groups in total. The van der Waals surface area contributed by atoms with E-state index in [9.17, 15) is 30.0 Å². The van der Waals surface area contributed by atoms with Gasteiger partial charge in [-0.05, 0) is 44.9 Å². The lowest BCUT2D eigenvalue weighted by Crippen LogP contribution is -2.59. The van der Waals surface area contributed by atoms with Gasteiger partial charge >= 0.3 is 11.9 Å². The van der Waals surface area contributed by atoms with Crippen molar-refractivity contribution in [2.24, 2.45) is 0 Å². The van der Waals surface area contributed by atoms with Crippen molar-refractivity contribution in [3.05, 3.63) is 24.3 Å². The molecule has 0 aliphatic carbocycles. The molecule has 1 heterocycles. The predicted molar refractivity (Wildman–Crippen MR) is 266 cm³/mol. The molecule has 10 nitrogen and oxygen atoms in total. The number of rotatable bonds is 47. The van der Waals surface area contributed by atoms with Gasteiger partial charge in [0.2, 0.25) is 0 Å². The Labute approximate surface area is 398 Å². The van der Waals surface area contributed by atoms with E-state index in [1.807, 2.05) is 0 Å². The number of ether oxygens (including phenoxy) is 4. The normalized spacial score (nSPS) is 19.4. The van der Waals surface area contributed by atoms with Gasteiger partial charge in [0.05, 0.1) is 13.2 Å². The average molecular weight is 923 g/mol. The fraction of sp³-hybridized carbons (Fsp3) is 0.891. The number of allylic oxidation sites excluding steroid dienone is 4. The molecule has 0 aromatic rings. The topological polar surface area (TPSA) is 152 Å². The molecule has 0 bridgehead atoms. The van der Waals surface area contributed by atoms with Crippen LogP contribution in [0, 0.1) is 0 Å². The maximum absolute atomic E-state index is 12.8. The summed E-state index contributed by atoms with van der Waals surface area (Å²) in [6, 6.07) is 0. The van der Waals surface area contributed by atoms with Crippen LogP contribution in [0.4, 0.5) is 0 Å². The largest absolute Gasteiger partial charge is 0.462 e. The van der Waals surface area contributed by atoms with E-state index in [4.69, 9.17) is 18.9 Å². The van der Waals surface area contributed by atoms with E-state index < -0.39 is 49.4 Å². The van der Waals surface area contributed by atoms with E-state index in [-0.39, 0.29) is 32.0 Å². The zero-order chi connectivity index (χ0) is 47.3. The quantitative estimate of drug-likeness (QED) is 0.0264. The van der Waals surface area contributed by atoms with Crippen molar-refractivity contribution in [1.29, 1.82) is 0 Å².